The number of ether oxygens (including phenoxy) is 1. The normalized spacial score (nSPS) is 15.5. The number of anilines is 2. The zero-order chi connectivity index (χ0) is 25.6. The fraction of sp³-hybridized carbons (Fsp3) is 0.207. The number of fused-ring (bicyclic) bond motifs is 3. The lowest BCUT2D eigenvalue weighted by Gasteiger charge is -2.24. The van der Waals surface area contributed by atoms with Gasteiger partial charge in [-0.25, -0.2) is 4.79 Å². The number of aromatic nitrogens is 1. The Labute approximate surface area is 213 Å². The molecule has 3 aromatic carbocycles. The second kappa shape index (κ2) is 8.81. The maximum atomic E-state index is 12.5. The maximum absolute atomic E-state index is 12.5. The number of hydrogen-bond donors (Lipinski definition) is 3. The van der Waals surface area contributed by atoms with Crippen molar-refractivity contribution in [3.05, 3.63) is 89.7 Å². The van der Waals surface area contributed by atoms with Gasteiger partial charge in [0, 0.05) is 23.4 Å². The first kappa shape index (κ1) is 22.8. The SMILES string of the molecule is CC(OC(=O)Nc1conc1-c1ccc2c(c1)NCc1cc(C3(C(=O)O)CC3)ccc1-2)c1ccccc1. The molecule has 0 bridgehead atoms. The van der Waals surface area contributed by atoms with E-state index in [1.54, 1.807) is 0 Å². The van der Waals surface area contributed by atoms with Crippen LogP contribution >= 0.6 is 0 Å². The minimum atomic E-state index is -0.753. The van der Waals surface area contributed by atoms with E-state index in [4.69, 9.17) is 9.26 Å². The van der Waals surface area contributed by atoms with Crippen molar-refractivity contribution in [3.63, 3.8) is 0 Å². The Morgan fingerprint density at radius 1 is 1.08 bits per heavy atom. The van der Waals surface area contributed by atoms with Crippen molar-refractivity contribution in [1.82, 2.24) is 5.16 Å². The Balaban J connectivity index is 1.22. The lowest BCUT2D eigenvalue weighted by molar-refractivity contribution is -0.140. The van der Waals surface area contributed by atoms with E-state index in [-0.39, 0.29) is 0 Å². The van der Waals surface area contributed by atoms with Crippen LogP contribution in [-0.4, -0.2) is 22.3 Å². The summed E-state index contributed by atoms with van der Waals surface area (Å²) in [5.74, 6) is -0.753. The maximum Gasteiger partial charge on any atom is 0.412 e. The van der Waals surface area contributed by atoms with Crippen LogP contribution in [0.3, 0.4) is 0 Å². The van der Waals surface area contributed by atoms with Crippen molar-refractivity contribution in [2.24, 2.45) is 0 Å². The van der Waals surface area contributed by atoms with Gasteiger partial charge in [0.05, 0.1) is 5.41 Å². The number of carbonyl (C=O) groups excluding carboxylic acids is 1. The fourth-order valence-electron chi connectivity index (χ4n) is 4.94. The van der Waals surface area contributed by atoms with Gasteiger partial charge in [0.15, 0.2) is 0 Å². The van der Waals surface area contributed by atoms with Crippen LogP contribution in [0, 0.1) is 0 Å². The summed E-state index contributed by atoms with van der Waals surface area (Å²) in [6.07, 6.45) is 1.73. The highest BCUT2D eigenvalue weighted by Crippen LogP contribution is 2.50. The topological polar surface area (TPSA) is 114 Å². The molecule has 1 fully saturated rings. The van der Waals surface area contributed by atoms with Crippen LogP contribution in [0.25, 0.3) is 22.4 Å². The van der Waals surface area contributed by atoms with Crippen molar-refractivity contribution in [2.45, 2.75) is 37.8 Å². The van der Waals surface area contributed by atoms with Crippen LogP contribution in [-0.2, 0) is 21.5 Å². The van der Waals surface area contributed by atoms with Crippen molar-refractivity contribution >= 4 is 23.4 Å². The average molecular weight is 496 g/mol. The molecule has 1 saturated carbocycles. The van der Waals surface area contributed by atoms with E-state index in [2.05, 4.69) is 15.8 Å². The number of benzene rings is 3. The second-order valence-electron chi connectivity index (χ2n) is 9.53. The van der Waals surface area contributed by atoms with Gasteiger partial charge < -0.3 is 19.7 Å². The van der Waals surface area contributed by atoms with Crippen LogP contribution in [0.4, 0.5) is 16.2 Å². The van der Waals surface area contributed by atoms with Crippen molar-refractivity contribution in [2.75, 3.05) is 10.6 Å². The van der Waals surface area contributed by atoms with Crippen LogP contribution in [0.1, 0.15) is 42.6 Å². The Kier molecular flexibility index (Phi) is 5.44. The number of carboxylic acid groups (broad SMARTS) is 1. The first-order chi connectivity index (χ1) is 17.9. The number of amides is 1. The largest absolute Gasteiger partial charge is 0.481 e. The molecule has 37 heavy (non-hydrogen) atoms. The molecule has 6 rings (SSSR count). The zero-order valence-electron chi connectivity index (χ0n) is 20.2. The molecule has 1 aliphatic carbocycles. The predicted octanol–water partition coefficient (Wildman–Crippen LogP) is 6.36. The number of carbonyl (C=O) groups is 2. The van der Waals surface area contributed by atoms with Gasteiger partial charge in [-0.1, -0.05) is 65.8 Å². The molecule has 2 aliphatic rings. The predicted molar refractivity (Wildman–Crippen MR) is 138 cm³/mol. The van der Waals surface area contributed by atoms with E-state index in [0.717, 1.165) is 39.1 Å². The van der Waals surface area contributed by atoms with Crippen LogP contribution in [0.15, 0.2) is 77.5 Å². The Morgan fingerprint density at radius 2 is 1.86 bits per heavy atom. The highest BCUT2D eigenvalue weighted by Gasteiger charge is 2.51. The molecule has 0 radical (unpaired) electrons. The Morgan fingerprint density at radius 3 is 2.62 bits per heavy atom. The van der Waals surface area contributed by atoms with Gasteiger partial charge in [0.1, 0.15) is 23.7 Å². The van der Waals surface area contributed by atoms with Gasteiger partial charge in [-0.05, 0) is 48.1 Å². The number of carboxylic acids is 1. The molecule has 4 aromatic rings. The summed E-state index contributed by atoms with van der Waals surface area (Å²) < 4.78 is 10.7. The molecule has 186 valence electrons. The summed E-state index contributed by atoms with van der Waals surface area (Å²) in [7, 11) is 0. The quantitative estimate of drug-likeness (QED) is 0.285. The lowest BCUT2D eigenvalue weighted by Crippen LogP contribution is -2.20. The van der Waals surface area contributed by atoms with Gasteiger partial charge in [0.25, 0.3) is 0 Å². The van der Waals surface area contributed by atoms with Crippen LogP contribution in [0.5, 0.6) is 0 Å². The van der Waals surface area contributed by atoms with E-state index < -0.39 is 23.6 Å². The lowest BCUT2D eigenvalue weighted by atomic mass is 9.87. The number of nitrogens with zero attached hydrogens (tertiary/aromatic N) is 1. The van der Waals surface area contributed by atoms with Gasteiger partial charge in [-0.2, -0.15) is 0 Å². The summed E-state index contributed by atoms with van der Waals surface area (Å²) in [6.45, 7) is 2.40. The summed E-state index contributed by atoms with van der Waals surface area (Å²) in [5.41, 5.74) is 6.80. The van der Waals surface area contributed by atoms with E-state index in [1.807, 2.05) is 73.7 Å². The fourth-order valence-corrected chi connectivity index (χ4v) is 4.94. The van der Waals surface area contributed by atoms with Crippen molar-refractivity contribution in [1.29, 1.82) is 0 Å². The number of hydrogen-bond acceptors (Lipinski definition) is 6. The van der Waals surface area contributed by atoms with E-state index in [1.165, 1.54) is 6.26 Å². The Hall–Kier alpha value is -4.59. The summed E-state index contributed by atoms with van der Waals surface area (Å²) >= 11 is 0. The van der Waals surface area contributed by atoms with E-state index in [0.29, 0.717) is 30.8 Å². The molecule has 1 aliphatic heterocycles. The molecular formula is C29H25N3O5. The molecule has 8 heteroatoms. The minimum Gasteiger partial charge on any atom is -0.481 e. The number of aliphatic carboxylic acids is 1. The molecule has 1 atom stereocenters. The summed E-state index contributed by atoms with van der Waals surface area (Å²) in [6, 6.07) is 21.3. The molecule has 3 N–H and O–H groups in total. The molecule has 2 heterocycles. The van der Waals surface area contributed by atoms with Gasteiger partial charge >= 0.3 is 12.1 Å². The smallest absolute Gasteiger partial charge is 0.412 e. The number of rotatable bonds is 6. The zero-order valence-corrected chi connectivity index (χ0v) is 20.2. The molecule has 0 spiro atoms. The van der Waals surface area contributed by atoms with Gasteiger partial charge in [-0.15, -0.1) is 0 Å². The third-order valence-corrected chi connectivity index (χ3v) is 7.23. The molecule has 8 nitrogen and oxygen atoms in total. The van der Waals surface area contributed by atoms with Crippen molar-refractivity contribution < 1.29 is 24.0 Å². The molecule has 1 aromatic heterocycles. The first-order valence-electron chi connectivity index (χ1n) is 12.2. The summed E-state index contributed by atoms with van der Waals surface area (Å²) in [4.78, 5) is 24.3. The summed E-state index contributed by atoms with van der Waals surface area (Å²) in [5, 5.41) is 19.9. The third kappa shape index (κ3) is 4.10. The van der Waals surface area contributed by atoms with Crippen molar-refractivity contribution in [3.8, 4) is 22.4 Å². The molecule has 1 amide bonds. The van der Waals surface area contributed by atoms with Gasteiger partial charge in [-0.3, -0.25) is 10.1 Å². The Bertz CT molecular complexity index is 1510. The van der Waals surface area contributed by atoms with Crippen LogP contribution < -0.4 is 10.6 Å². The van der Waals surface area contributed by atoms with E-state index >= 15 is 0 Å². The molecular weight excluding hydrogens is 470 g/mol. The number of nitrogens with one attached hydrogen (secondary N) is 2. The molecule has 1 unspecified atom stereocenters. The highest BCUT2D eigenvalue weighted by molar-refractivity contribution is 5.92. The average Bonchev–Trinajstić information content (AvgIpc) is 3.61. The third-order valence-electron chi connectivity index (χ3n) is 7.23. The highest BCUT2D eigenvalue weighted by atomic mass is 16.6. The monoisotopic (exact) mass is 495 g/mol. The van der Waals surface area contributed by atoms with Gasteiger partial charge in [0.2, 0.25) is 0 Å². The minimum absolute atomic E-state index is 0.412. The standard InChI is InChI=1S/C29H25N3O5/c1-17(18-5-3-2-4-6-18)37-28(35)31-25-16-36-32-26(25)19-7-9-23-22-10-8-21(29(11-12-29)27(33)34)13-20(22)15-30-24(23)14-19/h2-10,13-14,16-17,30H,11-12,15H2,1H3,(H,31,35)(H,33,34). The van der Waals surface area contributed by atoms with E-state index in [9.17, 15) is 14.7 Å². The second-order valence-corrected chi connectivity index (χ2v) is 9.53. The van der Waals surface area contributed by atoms with Crippen LogP contribution in [0.2, 0.25) is 0 Å². The first-order valence-corrected chi connectivity index (χ1v) is 12.2. The molecule has 0 saturated heterocycles.